The molecular formula is C12H9BrN2O. The van der Waals surface area contributed by atoms with Crippen LogP contribution in [0.5, 0.6) is 0 Å². The summed E-state index contributed by atoms with van der Waals surface area (Å²) in [5.74, 6) is 1.43. The van der Waals surface area contributed by atoms with Gasteiger partial charge in [-0.15, -0.1) is 0 Å². The van der Waals surface area contributed by atoms with Gasteiger partial charge in [-0.2, -0.15) is 0 Å². The zero-order valence-corrected chi connectivity index (χ0v) is 10.2. The molecule has 16 heavy (non-hydrogen) atoms. The Labute approximate surface area is 101 Å². The lowest BCUT2D eigenvalue weighted by Crippen LogP contribution is -1.72. The molecule has 1 N–H and O–H groups in total. The van der Waals surface area contributed by atoms with Crippen molar-refractivity contribution in [1.82, 2.24) is 9.97 Å². The molecular weight excluding hydrogens is 268 g/mol. The maximum absolute atomic E-state index is 5.59. The zero-order valence-electron chi connectivity index (χ0n) is 8.62. The van der Waals surface area contributed by atoms with Gasteiger partial charge in [-0.05, 0) is 22.0 Å². The first-order chi connectivity index (χ1) is 7.75. The summed E-state index contributed by atoms with van der Waals surface area (Å²) < 4.78 is 6.33. The van der Waals surface area contributed by atoms with Gasteiger partial charge < -0.3 is 9.40 Å². The van der Waals surface area contributed by atoms with Crippen molar-refractivity contribution in [3.8, 4) is 11.3 Å². The molecule has 0 saturated carbocycles. The van der Waals surface area contributed by atoms with Gasteiger partial charge in [-0.3, -0.25) is 0 Å². The van der Waals surface area contributed by atoms with Gasteiger partial charge in [-0.1, -0.05) is 18.2 Å². The number of fused-ring (bicyclic) bond motifs is 1. The van der Waals surface area contributed by atoms with E-state index in [1.807, 2.05) is 31.3 Å². The summed E-state index contributed by atoms with van der Waals surface area (Å²) >= 11 is 3.41. The highest BCUT2D eigenvalue weighted by Crippen LogP contribution is 2.33. The van der Waals surface area contributed by atoms with Crippen LogP contribution in [-0.4, -0.2) is 9.97 Å². The Morgan fingerprint density at radius 3 is 2.88 bits per heavy atom. The molecule has 0 aliphatic heterocycles. The molecule has 4 heteroatoms. The lowest BCUT2D eigenvalue weighted by atomic mass is 10.1. The number of aromatic amines is 1. The molecule has 0 aliphatic carbocycles. The number of hydrogen-bond acceptors (Lipinski definition) is 2. The molecule has 0 radical (unpaired) electrons. The van der Waals surface area contributed by atoms with Crippen LogP contribution in [0.1, 0.15) is 5.89 Å². The zero-order chi connectivity index (χ0) is 11.1. The van der Waals surface area contributed by atoms with Gasteiger partial charge in [0.25, 0.3) is 0 Å². The summed E-state index contributed by atoms with van der Waals surface area (Å²) in [4.78, 5) is 7.42. The van der Waals surface area contributed by atoms with Gasteiger partial charge >= 0.3 is 0 Å². The predicted octanol–water partition coefficient (Wildman–Crippen LogP) is 3.89. The molecule has 80 valence electrons. The summed E-state index contributed by atoms with van der Waals surface area (Å²) in [5.41, 5.74) is 2.13. The number of hydrogen-bond donors (Lipinski definition) is 1. The van der Waals surface area contributed by atoms with Crippen molar-refractivity contribution in [3.63, 3.8) is 0 Å². The summed E-state index contributed by atoms with van der Waals surface area (Å²) in [6, 6.07) is 8.11. The first-order valence-corrected chi connectivity index (χ1v) is 5.74. The van der Waals surface area contributed by atoms with Gasteiger partial charge in [0.1, 0.15) is 0 Å². The molecule has 3 aromatic rings. The molecule has 2 heterocycles. The average molecular weight is 277 g/mol. The molecule has 0 unspecified atom stereocenters. The van der Waals surface area contributed by atoms with Crippen molar-refractivity contribution in [1.29, 1.82) is 0 Å². The Balaban J connectivity index is 2.30. The Hall–Kier alpha value is -1.55. The van der Waals surface area contributed by atoms with Crippen LogP contribution in [0.2, 0.25) is 0 Å². The second-order valence-electron chi connectivity index (χ2n) is 3.60. The second-order valence-corrected chi connectivity index (χ2v) is 4.35. The third-order valence-electron chi connectivity index (χ3n) is 2.53. The smallest absolute Gasteiger partial charge is 0.192 e. The molecule has 0 aliphatic rings. The number of halogens is 1. The number of benzene rings is 1. The highest BCUT2D eigenvalue weighted by Gasteiger charge is 2.14. The number of aromatic nitrogens is 2. The van der Waals surface area contributed by atoms with Crippen molar-refractivity contribution >= 4 is 26.8 Å². The molecule has 3 nitrogen and oxygen atoms in total. The number of nitrogens with zero attached hydrogens (tertiary/aromatic N) is 1. The number of oxazole rings is 1. The van der Waals surface area contributed by atoms with E-state index in [9.17, 15) is 0 Å². The summed E-state index contributed by atoms with van der Waals surface area (Å²) in [6.07, 6.45) is 1.94. The van der Waals surface area contributed by atoms with Gasteiger partial charge in [0, 0.05) is 29.6 Å². The van der Waals surface area contributed by atoms with Gasteiger partial charge in [0.05, 0.1) is 0 Å². The van der Waals surface area contributed by atoms with Crippen LogP contribution in [0.3, 0.4) is 0 Å². The highest BCUT2D eigenvalue weighted by atomic mass is 79.9. The summed E-state index contributed by atoms with van der Waals surface area (Å²) in [7, 11) is 0. The van der Waals surface area contributed by atoms with Crippen LogP contribution in [0.15, 0.2) is 39.5 Å². The second kappa shape index (κ2) is 3.49. The Morgan fingerprint density at radius 1 is 1.31 bits per heavy atom. The van der Waals surface area contributed by atoms with E-state index in [1.165, 1.54) is 0 Å². The minimum absolute atomic E-state index is 0.659. The van der Waals surface area contributed by atoms with Crippen LogP contribution >= 0.6 is 15.9 Å². The average Bonchev–Trinajstić information content (AvgIpc) is 2.81. The van der Waals surface area contributed by atoms with E-state index in [4.69, 9.17) is 4.42 Å². The van der Waals surface area contributed by atoms with E-state index >= 15 is 0 Å². The first-order valence-electron chi connectivity index (χ1n) is 4.95. The lowest BCUT2D eigenvalue weighted by molar-refractivity contribution is 0.534. The number of H-pyrrole nitrogens is 1. The van der Waals surface area contributed by atoms with Crippen molar-refractivity contribution in [2.45, 2.75) is 6.92 Å². The van der Waals surface area contributed by atoms with Crippen LogP contribution in [-0.2, 0) is 0 Å². The predicted molar refractivity (Wildman–Crippen MR) is 66.2 cm³/mol. The van der Waals surface area contributed by atoms with Gasteiger partial charge in [0.15, 0.2) is 16.3 Å². The summed E-state index contributed by atoms with van der Waals surface area (Å²) in [6.45, 7) is 1.84. The molecule has 0 atom stereocenters. The Kier molecular flexibility index (Phi) is 2.11. The van der Waals surface area contributed by atoms with Crippen molar-refractivity contribution in [2.75, 3.05) is 0 Å². The van der Waals surface area contributed by atoms with Crippen LogP contribution in [0.4, 0.5) is 0 Å². The van der Waals surface area contributed by atoms with Crippen molar-refractivity contribution in [2.24, 2.45) is 0 Å². The topological polar surface area (TPSA) is 41.8 Å². The number of para-hydroxylation sites is 1. The minimum Gasteiger partial charge on any atom is -0.440 e. The van der Waals surface area contributed by atoms with Gasteiger partial charge in [0.2, 0.25) is 0 Å². The van der Waals surface area contributed by atoms with Crippen LogP contribution < -0.4 is 0 Å². The molecule has 0 amide bonds. The molecule has 0 spiro atoms. The fraction of sp³-hybridized carbons (Fsp3) is 0.0833. The van der Waals surface area contributed by atoms with Crippen LogP contribution in [0, 0.1) is 6.92 Å². The number of nitrogens with one attached hydrogen (secondary N) is 1. The van der Waals surface area contributed by atoms with Gasteiger partial charge in [-0.25, -0.2) is 4.98 Å². The molecule has 0 fully saturated rings. The standard InChI is InChI=1S/C12H9BrN2O/c1-7-15-12(13)11(16-7)9-6-14-10-5-3-2-4-8(9)10/h2-6,14H,1H3. The van der Waals surface area contributed by atoms with Crippen molar-refractivity contribution in [3.05, 3.63) is 41.0 Å². The molecule has 1 aromatic carbocycles. The van der Waals surface area contributed by atoms with Crippen molar-refractivity contribution < 1.29 is 4.42 Å². The monoisotopic (exact) mass is 276 g/mol. The Morgan fingerprint density at radius 2 is 2.12 bits per heavy atom. The molecule has 2 aromatic heterocycles. The fourth-order valence-electron chi connectivity index (χ4n) is 1.83. The quantitative estimate of drug-likeness (QED) is 0.733. The summed E-state index contributed by atoms with van der Waals surface area (Å²) in [5, 5.41) is 1.14. The highest BCUT2D eigenvalue weighted by molar-refractivity contribution is 9.10. The number of aryl methyl sites for hydroxylation is 1. The normalized spacial score (nSPS) is 11.1. The third-order valence-corrected chi connectivity index (χ3v) is 3.06. The first kappa shape index (κ1) is 9.66. The lowest BCUT2D eigenvalue weighted by Gasteiger charge is -1.94. The number of rotatable bonds is 1. The molecule has 0 saturated heterocycles. The van der Waals surface area contributed by atoms with Crippen LogP contribution in [0.25, 0.3) is 22.2 Å². The third kappa shape index (κ3) is 1.38. The molecule has 0 bridgehead atoms. The SMILES string of the molecule is Cc1nc(Br)c(-c2c[nH]c3ccccc23)o1. The largest absolute Gasteiger partial charge is 0.440 e. The van der Waals surface area contributed by atoms with E-state index in [0.717, 1.165) is 26.8 Å². The maximum Gasteiger partial charge on any atom is 0.192 e. The Bertz CT molecular complexity index is 654. The van der Waals surface area contributed by atoms with E-state index in [-0.39, 0.29) is 0 Å². The van der Waals surface area contributed by atoms with E-state index in [2.05, 4.69) is 32.0 Å². The van der Waals surface area contributed by atoms with E-state index < -0.39 is 0 Å². The molecule has 3 rings (SSSR count). The maximum atomic E-state index is 5.59. The van der Waals surface area contributed by atoms with E-state index in [1.54, 1.807) is 0 Å². The van der Waals surface area contributed by atoms with E-state index in [0.29, 0.717) is 5.89 Å². The minimum atomic E-state index is 0.659. The fourth-order valence-corrected chi connectivity index (χ4v) is 2.37.